The van der Waals surface area contributed by atoms with Crippen molar-refractivity contribution in [2.24, 2.45) is 0 Å². The van der Waals surface area contributed by atoms with E-state index >= 15 is 0 Å². The van der Waals surface area contributed by atoms with Gasteiger partial charge < -0.3 is 4.74 Å². The molecule has 0 aliphatic carbocycles. The Labute approximate surface area is 103 Å². The van der Waals surface area contributed by atoms with E-state index in [-0.39, 0.29) is 0 Å². The highest BCUT2D eigenvalue weighted by Gasteiger charge is 1.97. The van der Waals surface area contributed by atoms with Crippen molar-refractivity contribution in [3.63, 3.8) is 0 Å². The van der Waals surface area contributed by atoms with Crippen molar-refractivity contribution in [3.05, 3.63) is 47.5 Å². The molecule has 0 saturated heterocycles. The molecule has 0 aromatic heterocycles. The number of rotatable bonds is 5. The van der Waals surface area contributed by atoms with Crippen molar-refractivity contribution < 1.29 is 4.74 Å². The smallest absolute Gasteiger partial charge is 0.0717 e. The van der Waals surface area contributed by atoms with Gasteiger partial charge in [0.2, 0.25) is 0 Å². The Bertz CT molecular complexity index is 488. The maximum atomic E-state index is 5.63. The number of ether oxygens (including phenoxy) is 1. The van der Waals surface area contributed by atoms with Gasteiger partial charge in [-0.15, -0.1) is 0 Å². The Balaban J connectivity index is 2.07. The topological polar surface area (TPSA) is 9.23 Å². The third-order valence-electron chi connectivity index (χ3n) is 2.97. The SMILES string of the molecule is CCCCOCc1ccc2cc(C)ccc2c1. The van der Waals surface area contributed by atoms with Crippen LogP contribution in [0.4, 0.5) is 0 Å². The second kappa shape index (κ2) is 5.83. The minimum absolute atomic E-state index is 0.726. The molecule has 1 nitrogen and oxygen atoms in total. The first-order chi connectivity index (χ1) is 8.29. The summed E-state index contributed by atoms with van der Waals surface area (Å²) < 4.78 is 5.63. The van der Waals surface area contributed by atoms with Crippen LogP contribution in [0.5, 0.6) is 0 Å². The Morgan fingerprint density at radius 1 is 1.00 bits per heavy atom. The highest BCUT2D eigenvalue weighted by atomic mass is 16.5. The molecule has 0 bridgehead atoms. The van der Waals surface area contributed by atoms with Crippen LogP contribution in [0.1, 0.15) is 30.9 Å². The third-order valence-corrected chi connectivity index (χ3v) is 2.97. The highest BCUT2D eigenvalue weighted by molar-refractivity contribution is 5.83. The van der Waals surface area contributed by atoms with E-state index in [0.717, 1.165) is 19.6 Å². The average molecular weight is 228 g/mol. The largest absolute Gasteiger partial charge is 0.377 e. The minimum Gasteiger partial charge on any atom is -0.377 e. The van der Waals surface area contributed by atoms with Gasteiger partial charge in [0.15, 0.2) is 0 Å². The molecular formula is C16H20O. The van der Waals surface area contributed by atoms with E-state index in [1.807, 2.05) is 0 Å². The third kappa shape index (κ3) is 3.31. The molecule has 2 rings (SSSR count). The zero-order valence-electron chi connectivity index (χ0n) is 10.7. The molecule has 90 valence electrons. The zero-order chi connectivity index (χ0) is 12.1. The van der Waals surface area contributed by atoms with E-state index in [2.05, 4.69) is 50.2 Å². The van der Waals surface area contributed by atoms with Crippen LogP contribution >= 0.6 is 0 Å². The van der Waals surface area contributed by atoms with Crippen LogP contribution in [0, 0.1) is 6.92 Å². The molecule has 0 N–H and O–H groups in total. The molecule has 0 spiro atoms. The predicted molar refractivity (Wildman–Crippen MR) is 73.2 cm³/mol. The molecule has 0 atom stereocenters. The monoisotopic (exact) mass is 228 g/mol. The first kappa shape index (κ1) is 12.1. The fourth-order valence-corrected chi connectivity index (χ4v) is 1.94. The number of aryl methyl sites for hydroxylation is 1. The van der Waals surface area contributed by atoms with Crippen LogP contribution in [0.2, 0.25) is 0 Å². The van der Waals surface area contributed by atoms with Gasteiger partial charge in [-0.2, -0.15) is 0 Å². The maximum absolute atomic E-state index is 5.63. The van der Waals surface area contributed by atoms with Crippen molar-refractivity contribution >= 4 is 10.8 Å². The molecule has 0 radical (unpaired) electrons. The Morgan fingerprint density at radius 2 is 1.76 bits per heavy atom. The summed E-state index contributed by atoms with van der Waals surface area (Å²) in [7, 11) is 0. The van der Waals surface area contributed by atoms with Crippen LogP contribution in [-0.2, 0) is 11.3 Å². The lowest BCUT2D eigenvalue weighted by Crippen LogP contribution is -1.94. The van der Waals surface area contributed by atoms with Crippen molar-refractivity contribution in [1.82, 2.24) is 0 Å². The minimum atomic E-state index is 0.726. The number of fused-ring (bicyclic) bond motifs is 1. The zero-order valence-corrected chi connectivity index (χ0v) is 10.7. The second-order valence-electron chi connectivity index (χ2n) is 4.59. The van der Waals surface area contributed by atoms with Crippen LogP contribution in [0.15, 0.2) is 36.4 Å². The normalized spacial score (nSPS) is 10.9. The first-order valence-corrected chi connectivity index (χ1v) is 6.36. The standard InChI is InChI=1S/C16H20O/c1-3-4-9-17-12-14-6-8-15-10-13(2)5-7-16(15)11-14/h5-8,10-11H,3-4,9,12H2,1-2H3. The van der Waals surface area contributed by atoms with Crippen molar-refractivity contribution in [2.75, 3.05) is 6.61 Å². The van der Waals surface area contributed by atoms with Gasteiger partial charge in [0.05, 0.1) is 6.61 Å². The van der Waals surface area contributed by atoms with E-state index in [1.54, 1.807) is 0 Å². The quantitative estimate of drug-likeness (QED) is 0.686. The van der Waals surface area contributed by atoms with E-state index in [1.165, 1.54) is 28.3 Å². The maximum Gasteiger partial charge on any atom is 0.0717 e. The average Bonchev–Trinajstić information content (AvgIpc) is 2.35. The van der Waals surface area contributed by atoms with Crippen LogP contribution in [0.25, 0.3) is 10.8 Å². The van der Waals surface area contributed by atoms with Crippen LogP contribution in [-0.4, -0.2) is 6.61 Å². The van der Waals surface area contributed by atoms with Gasteiger partial charge in [-0.1, -0.05) is 49.2 Å². The number of hydrogen-bond acceptors (Lipinski definition) is 1. The van der Waals surface area contributed by atoms with Crippen molar-refractivity contribution in [2.45, 2.75) is 33.3 Å². The molecule has 1 heteroatoms. The molecule has 2 aromatic carbocycles. The molecule has 0 amide bonds. The van der Waals surface area contributed by atoms with Crippen molar-refractivity contribution in [1.29, 1.82) is 0 Å². The summed E-state index contributed by atoms with van der Waals surface area (Å²) in [5.41, 5.74) is 2.57. The van der Waals surface area contributed by atoms with E-state index < -0.39 is 0 Å². The summed E-state index contributed by atoms with van der Waals surface area (Å²) in [5.74, 6) is 0. The number of benzene rings is 2. The lowest BCUT2D eigenvalue weighted by Gasteiger charge is -2.06. The summed E-state index contributed by atoms with van der Waals surface area (Å²) in [5, 5.41) is 2.61. The molecule has 0 unspecified atom stereocenters. The summed E-state index contributed by atoms with van der Waals surface area (Å²) in [6.45, 7) is 5.90. The molecule has 0 aliphatic heterocycles. The highest BCUT2D eigenvalue weighted by Crippen LogP contribution is 2.18. The number of unbranched alkanes of at least 4 members (excludes halogenated alkanes) is 1. The van der Waals surface area contributed by atoms with Gasteiger partial charge in [0.25, 0.3) is 0 Å². The molecule has 0 saturated carbocycles. The van der Waals surface area contributed by atoms with Gasteiger partial charge in [0, 0.05) is 6.61 Å². The molecular weight excluding hydrogens is 208 g/mol. The van der Waals surface area contributed by atoms with Crippen LogP contribution in [0.3, 0.4) is 0 Å². The van der Waals surface area contributed by atoms with E-state index in [4.69, 9.17) is 4.74 Å². The van der Waals surface area contributed by atoms with Crippen molar-refractivity contribution in [3.8, 4) is 0 Å². The molecule has 17 heavy (non-hydrogen) atoms. The van der Waals surface area contributed by atoms with Gasteiger partial charge in [0.1, 0.15) is 0 Å². The summed E-state index contributed by atoms with van der Waals surface area (Å²) in [4.78, 5) is 0. The Kier molecular flexibility index (Phi) is 4.16. The van der Waals surface area contributed by atoms with Gasteiger partial charge in [-0.05, 0) is 35.7 Å². The molecule has 0 aliphatic rings. The molecule has 0 fully saturated rings. The van der Waals surface area contributed by atoms with E-state index in [0.29, 0.717) is 0 Å². The van der Waals surface area contributed by atoms with Gasteiger partial charge in [-0.3, -0.25) is 0 Å². The summed E-state index contributed by atoms with van der Waals surface area (Å²) in [6, 6.07) is 13.1. The van der Waals surface area contributed by atoms with Crippen LogP contribution < -0.4 is 0 Å². The summed E-state index contributed by atoms with van der Waals surface area (Å²) >= 11 is 0. The fourth-order valence-electron chi connectivity index (χ4n) is 1.94. The second-order valence-corrected chi connectivity index (χ2v) is 4.59. The predicted octanol–water partition coefficient (Wildman–Crippen LogP) is 4.46. The lowest BCUT2D eigenvalue weighted by molar-refractivity contribution is 0.118. The Hall–Kier alpha value is -1.34. The summed E-state index contributed by atoms with van der Waals surface area (Å²) in [6.07, 6.45) is 2.34. The number of hydrogen-bond donors (Lipinski definition) is 0. The molecule has 0 heterocycles. The molecule has 2 aromatic rings. The Morgan fingerprint density at radius 3 is 2.59 bits per heavy atom. The fraction of sp³-hybridized carbons (Fsp3) is 0.375. The van der Waals surface area contributed by atoms with Gasteiger partial charge in [-0.25, -0.2) is 0 Å². The first-order valence-electron chi connectivity index (χ1n) is 6.36. The van der Waals surface area contributed by atoms with Gasteiger partial charge >= 0.3 is 0 Å². The van der Waals surface area contributed by atoms with E-state index in [9.17, 15) is 0 Å². The lowest BCUT2D eigenvalue weighted by atomic mass is 10.1.